The van der Waals surface area contributed by atoms with Gasteiger partial charge in [0.15, 0.2) is 11.6 Å². The van der Waals surface area contributed by atoms with E-state index >= 15 is 0 Å². The van der Waals surface area contributed by atoms with Crippen LogP contribution in [0.5, 0.6) is 5.75 Å². The zero-order valence-corrected chi connectivity index (χ0v) is 8.22. The van der Waals surface area contributed by atoms with Gasteiger partial charge in [-0.25, -0.2) is 4.39 Å². The molecule has 1 saturated carbocycles. The summed E-state index contributed by atoms with van der Waals surface area (Å²) in [7, 11) is 1.48. The highest BCUT2D eigenvalue weighted by atomic mass is 19.1. The van der Waals surface area contributed by atoms with Gasteiger partial charge in [-0.2, -0.15) is 0 Å². The Bertz CT molecular complexity index is 347. The van der Waals surface area contributed by atoms with Crippen LogP contribution >= 0.6 is 0 Å². The fourth-order valence-corrected chi connectivity index (χ4v) is 1.94. The number of rotatable bonds is 2. The predicted octanol–water partition coefficient (Wildman–Crippen LogP) is 2.17. The third-order valence-corrected chi connectivity index (χ3v) is 2.95. The van der Waals surface area contributed by atoms with Crippen molar-refractivity contribution in [2.45, 2.75) is 24.8 Å². The number of nitrogens with two attached hydrogens (primary N) is 1. The van der Waals surface area contributed by atoms with Gasteiger partial charge < -0.3 is 10.5 Å². The average Bonchev–Trinajstić information content (AvgIpc) is 2.14. The van der Waals surface area contributed by atoms with E-state index in [2.05, 4.69) is 0 Å². The van der Waals surface area contributed by atoms with Crippen molar-refractivity contribution in [3.05, 3.63) is 29.6 Å². The molecule has 0 bridgehead atoms. The molecule has 1 aromatic carbocycles. The molecule has 2 N–H and O–H groups in total. The second-order valence-electron chi connectivity index (χ2n) is 3.83. The lowest BCUT2D eigenvalue weighted by Gasteiger charge is -2.39. The summed E-state index contributed by atoms with van der Waals surface area (Å²) in [6, 6.07) is 4.92. The molecular formula is C11H14FNO. The minimum absolute atomic E-state index is 0.301. The van der Waals surface area contributed by atoms with Gasteiger partial charge in [0.2, 0.25) is 0 Å². The SMILES string of the molecule is COc1c(F)cccc1C1(N)CCC1. The molecule has 76 valence electrons. The molecule has 0 heterocycles. The first-order chi connectivity index (χ1) is 6.67. The fourth-order valence-electron chi connectivity index (χ4n) is 1.94. The Labute approximate surface area is 82.9 Å². The predicted molar refractivity (Wildman–Crippen MR) is 52.7 cm³/mol. The monoisotopic (exact) mass is 195 g/mol. The van der Waals surface area contributed by atoms with Gasteiger partial charge in [0.1, 0.15) is 0 Å². The van der Waals surface area contributed by atoms with Crippen LogP contribution in [0, 0.1) is 5.82 Å². The number of halogens is 1. The summed E-state index contributed by atoms with van der Waals surface area (Å²) >= 11 is 0. The molecule has 0 unspecified atom stereocenters. The molecule has 3 heteroatoms. The lowest BCUT2D eigenvalue weighted by atomic mass is 9.72. The Kier molecular flexibility index (Phi) is 2.19. The number of para-hydroxylation sites is 1. The van der Waals surface area contributed by atoms with Crippen molar-refractivity contribution in [3.63, 3.8) is 0 Å². The van der Waals surface area contributed by atoms with E-state index in [1.807, 2.05) is 6.07 Å². The van der Waals surface area contributed by atoms with Crippen LogP contribution in [0.1, 0.15) is 24.8 Å². The van der Waals surface area contributed by atoms with Crippen LogP contribution in [0.15, 0.2) is 18.2 Å². The van der Waals surface area contributed by atoms with Crippen LogP contribution in [-0.4, -0.2) is 7.11 Å². The van der Waals surface area contributed by atoms with Crippen molar-refractivity contribution in [1.29, 1.82) is 0 Å². The summed E-state index contributed by atoms with van der Waals surface area (Å²) in [5, 5.41) is 0. The van der Waals surface area contributed by atoms with E-state index in [1.54, 1.807) is 6.07 Å². The third-order valence-electron chi connectivity index (χ3n) is 2.95. The molecule has 1 aliphatic carbocycles. The van der Waals surface area contributed by atoms with E-state index < -0.39 is 0 Å². The molecule has 1 aliphatic rings. The lowest BCUT2D eigenvalue weighted by Crippen LogP contribution is -2.43. The van der Waals surface area contributed by atoms with Crippen LogP contribution in [0.2, 0.25) is 0 Å². The Morgan fingerprint density at radius 2 is 2.14 bits per heavy atom. The van der Waals surface area contributed by atoms with Gasteiger partial charge in [0.05, 0.1) is 7.11 Å². The third kappa shape index (κ3) is 1.28. The standard InChI is InChI=1S/C11H14FNO/c1-14-10-8(4-2-5-9(10)12)11(13)6-3-7-11/h2,4-5H,3,6-7,13H2,1H3. The highest BCUT2D eigenvalue weighted by Gasteiger charge is 2.37. The van der Waals surface area contributed by atoms with Gasteiger partial charge in [-0.3, -0.25) is 0 Å². The van der Waals surface area contributed by atoms with Crippen LogP contribution in [0.25, 0.3) is 0 Å². The normalized spacial score (nSPS) is 18.8. The van der Waals surface area contributed by atoms with Crippen molar-refractivity contribution in [2.24, 2.45) is 5.73 Å². The lowest BCUT2D eigenvalue weighted by molar-refractivity contribution is 0.241. The number of ether oxygens (including phenoxy) is 1. The smallest absolute Gasteiger partial charge is 0.165 e. The Hall–Kier alpha value is -1.09. The van der Waals surface area contributed by atoms with Crippen LogP contribution in [-0.2, 0) is 5.54 Å². The van der Waals surface area contributed by atoms with Crippen molar-refractivity contribution >= 4 is 0 Å². The molecule has 1 aromatic rings. The first-order valence-electron chi connectivity index (χ1n) is 4.79. The second kappa shape index (κ2) is 3.24. The quantitative estimate of drug-likeness (QED) is 0.785. The Balaban J connectivity index is 2.46. The van der Waals surface area contributed by atoms with Gasteiger partial charge in [-0.05, 0) is 25.3 Å². The highest BCUT2D eigenvalue weighted by molar-refractivity contribution is 5.41. The molecular weight excluding hydrogens is 181 g/mol. The molecule has 0 saturated heterocycles. The first-order valence-corrected chi connectivity index (χ1v) is 4.79. The zero-order chi connectivity index (χ0) is 10.2. The van der Waals surface area contributed by atoms with Gasteiger partial charge in [0, 0.05) is 11.1 Å². The van der Waals surface area contributed by atoms with Crippen molar-refractivity contribution in [3.8, 4) is 5.75 Å². The number of hydrogen-bond acceptors (Lipinski definition) is 2. The first kappa shape index (κ1) is 9.46. The van der Waals surface area contributed by atoms with Crippen LogP contribution in [0.4, 0.5) is 4.39 Å². The van der Waals surface area contributed by atoms with E-state index in [0.717, 1.165) is 24.8 Å². The molecule has 0 amide bonds. The van der Waals surface area contributed by atoms with Crippen LogP contribution < -0.4 is 10.5 Å². The maximum absolute atomic E-state index is 13.4. The molecule has 2 nitrogen and oxygen atoms in total. The van der Waals surface area contributed by atoms with Crippen molar-refractivity contribution in [1.82, 2.24) is 0 Å². The maximum atomic E-state index is 13.4. The molecule has 0 radical (unpaired) electrons. The maximum Gasteiger partial charge on any atom is 0.165 e. The molecule has 0 aromatic heterocycles. The summed E-state index contributed by atoms with van der Waals surface area (Å²) in [4.78, 5) is 0. The molecule has 14 heavy (non-hydrogen) atoms. The number of benzene rings is 1. The zero-order valence-electron chi connectivity index (χ0n) is 8.22. The average molecular weight is 195 g/mol. The summed E-state index contributed by atoms with van der Waals surface area (Å²) in [6.07, 6.45) is 2.93. The molecule has 0 atom stereocenters. The fraction of sp³-hybridized carbons (Fsp3) is 0.455. The van der Waals surface area contributed by atoms with Gasteiger partial charge in [0.25, 0.3) is 0 Å². The second-order valence-corrected chi connectivity index (χ2v) is 3.83. The Morgan fingerprint density at radius 1 is 1.43 bits per heavy atom. The van der Waals surface area contributed by atoms with Crippen molar-refractivity contribution < 1.29 is 9.13 Å². The minimum Gasteiger partial charge on any atom is -0.493 e. The van der Waals surface area contributed by atoms with Gasteiger partial charge >= 0.3 is 0 Å². The van der Waals surface area contributed by atoms with E-state index in [0.29, 0.717) is 5.75 Å². The summed E-state index contributed by atoms with van der Waals surface area (Å²) < 4.78 is 18.4. The molecule has 2 rings (SSSR count). The van der Waals surface area contributed by atoms with Crippen molar-refractivity contribution in [2.75, 3.05) is 7.11 Å². The molecule has 1 fully saturated rings. The highest BCUT2D eigenvalue weighted by Crippen LogP contribution is 2.43. The number of methoxy groups -OCH3 is 1. The topological polar surface area (TPSA) is 35.2 Å². The summed E-state index contributed by atoms with van der Waals surface area (Å²) in [6.45, 7) is 0. The van der Waals surface area contributed by atoms with E-state index in [4.69, 9.17) is 10.5 Å². The van der Waals surface area contributed by atoms with E-state index in [-0.39, 0.29) is 11.4 Å². The largest absolute Gasteiger partial charge is 0.493 e. The van der Waals surface area contributed by atoms with Gasteiger partial charge in [-0.15, -0.1) is 0 Å². The Morgan fingerprint density at radius 3 is 2.64 bits per heavy atom. The molecule has 0 spiro atoms. The van der Waals surface area contributed by atoms with Crippen LogP contribution in [0.3, 0.4) is 0 Å². The summed E-state index contributed by atoms with van der Waals surface area (Å²) in [5.74, 6) is -0.0311. The summed E-state index contributed by atoms with van der Waals surface area (Å²) in [5.41, 5.74) is 6.55. The van der Waals surface area contributed by atoms with Gasteiger partial charge in [-0.1, -0.05) is 12.1 Å². The molecule has 0 aliphatic heterocycles. The van der Waals surface area contributed by atoms with E-state index in [1.165, 1.54) is 13.2 Å². The number of hydrogen-bond donors (Lipinski definition) is 1. The minimum atomic E-state index is -0.368. The van der Waals surface area contributed by atoms with E-state index in [9.17, 15) is 4.39 Å².